The van der Waals surface area contributed by atoms with E-state index in [9.17, 15) is 17.6 Å². The average molecular weight is 437 g/mol. The van der Waals surface area contributed by atoms with Crippen LogP contribution in [0.4, 0.5) is 23.2 Å². The smallest absolute Gasteiger partial charge is 0.435 e. The van der Waals surface area contributed by atoms with Gasteiger partial charge in [-0.15, -0.1) is 22.0 Å². The Morgan fingerprint density at radius 3 is 2.50 bits per heavy atom. The number of aryl methyl sites for hydroxylation is 1. The maximum absolute atomic E-state index is 13.4. The summed E-state index contributed by atoms with van der Waals surface area (Å²) < 4.78 is 59.1. The number of anilines is 1. The monoisotopic (exact) mass is 437 g/mol. The molecule has 0 aliphatic carbocycles. The Hall–Kier alpha value is -2.81. The number of rotatable bonds is 6. The molecule has 0 aliphatic rings. The van der Waals surface area contributed by atoms with Crippen molar-refractivity contribution in [1.82, 2.24) is 10.2 Å². The molecule has 0 saturated heterocycles. The molecule has 1 N–H and O–H groups in total. The largest absolute Gasteiger partial charge is 0.437 e. The number of thioether (sulfide) groups is 1. The fourth-order valence-electron chi connectivity index (χ4n) is 2.85. The van der Waals surface area contributed by atoms with Gasteiger partial charge in [0.15, 0.2) is 5.69 Å². The molecule has 1 aromatic heterocycles. The van der Waals surface area contributed by atoms with E-state index in [1.54, 1.807) is 18.7 Å². The molecule has 3 aromatic rings. The second kappa shape index (κ2) is 8.91. The highest BCUT2D eigenvalue weighted by molar-refractivity contribution is 7.98. The van der Waals surface area contributed by atoms with Crippen LogP contribution in [0.5, 0.6) is 11.6 Å². The minimum atomic E-state index is -4.64. The molecule has 0 atom stereocenters. The molecule has 30 heavy (non-hydrogen) atoms. The second-order valence-electron chi connectivity index (χ2n) is 6.55. The molecular weight excluding hydrogens is 418 g/mol. The molecule has 158 valence electrons. The molecule has 0 amide bonds. The number of alkyl halides is 3. The van der Waals surface area contributed by atoms with E-state index >= 15 is 0 Å². The van der Waals surface area contributed by atoms with Crippen LogP contribution in [0.15, 0.2) is 47.4 Å². The molecule has 9 heteroatoms. The maximum atomic E-state index is 13.4. The summed E-state index contributed by atoms with van der Waals surface area (Å²) in [7, 11) is 0. The van der Waals surface area contributed by atoms with Crippen LogP contribution in [0.25, 0.3) is 0 Å². The molecule has 0 unspecified atom stereocenters. The molecular formula is C21H19F4N3OS. The van der Waals surface area contributed by atoms with Crippen molar-refractivity contribution in [1.29, 1.82) is 0 Å². The SMILES string of the molecule is CSc1cccc(NCc2c(Oc3ccc(F)cc3C)nnc(C(F)(F)F)c2C)c1. The van der Waals surface area contributed by atoms with E-state index in [0.717, 1.165) is 10.6 Å². The topological polar surface area (TPSA) is 47.0 Å². The molecule has 4 nitrogen and oxygen atoms in total. The van der Waals surface area contributed by atoms with Crippen LogP contribution in [0.3, 0.4) is 0 Å². The summed E-state index contributed by atoms with van der Waals surface area (Å²) in [4.78, 5) is 1.01. The van der Waals surface area contributed by atoms with Crippen molar-refractivity contribution in [2.45, 2.75) is 31.5 Å². The third-order valence-corrected chi connectivity index (χ3v) is 5.18. The van der Waals surface area contributed by atoms with Crippen molar-refractivity contribution in [2.24, 2.45) is 0 Å². The Labute approximate surface area is 175 Å². The van der Waals surface area contributed by atoms with Crippen LogP contribution in [-0.2, 0) is 12.7 Å². The molecule has 0 spiro atoms. The first-order chi connectivity index (χ1) is 14.2. The van der Waals surface area contributed by atoms with E-state index in [1.807, 2.05) is 30.5 Å². The van der Waals surface area contributed by atoms with E-state index in [1.165, 1.54) is 25.1 Å². The first-order valence-corrected chi connectivity index (χ1v) is 10.2. The summed E-state index contributed by atoms with van der Waals surface area (Å²) in [5.41, 5.74) is 0.299. The van der Waals surface area contributed by atoms with Gasteiger partial charge in [0.2, 0.25) is 5.88 Å². The van der Waals surface area contributed by atoms with Crippen molar-refractivity contribution in [3.05, 3.63) is 70.7 Å². The number of hydrogen-bond donors (Lipinski definition) is 1. The Kier molecular flexibility index (Phi) is 6.50. The van der Waals surface area contributed by atoms with Crippen LogP contribution >= 0.6 is 11.8 Å². The summed E-state index contributed by atoms with van der Waals surface area (Å²) in [6.07, 6.45) is -2.71. The van der Waals surface area contributed by atoms with Gasteiger partial charge in [-0.3, -0.25) is 0 Å². The van der Waals surface area contributed by atoms with Crippen LogP contribution in [0, 0.1) is 19.7 Å². The van der Waals surface area contributed by atoms with E-state index in [4.69, 9.17) is 4.74 Å². The van der Waals surface area contributed by atoms with E-state index in [-0.39, 0.29) is 29.3 Å². The van der Waals surface area contributed by atoms with Crippen molar-refractivity contribution in [3.8, 4) is 11.6 Å². The lowest BCUT2D eigenvalue weighted by molar-refractivity contribution is -0.142. The Morgan fingerprint density at radius 1 is 1.07 bits per heavy atom. The van der Waals surface area contributed by atoms with Crippen molar-refractivity contribution in [3.63, 3.8) is 0 Å². The summed E-state index contributed by atoms with van der Waals surface area (Å²) in [6.45, 7) is 3.00. The van der Waals surface area contributed by atoms with Crippen LogP contribution < -0.4 is 10.1 Å². The Bertz CT molecular complexity index is 1060. The summed E-state index contributed by atoms with van der Waals surface area (Å²) >= 11 is 1.55. The normalized spacial score (nSPS) is 11.4. The standard InChI is InChI=1S/C21H19F4N3OS/c1-12-9-14(22)7-8-18(12)29-20-17(13(2)19(27-28-20)21(23,24)25)11-26-15-5-4-6-16(10-15)30-3/h4-10,26H,11H2,1-3H3. The van der Waals surface area contributed by atoms with Crippen molar-refractivity contribution >= 4 is 17.4 Å². The lowest BCUT2D eigenvalue weighted by atomic mass is 10.1. The van der Waals surface area contributed by atoms with Gasteiger partial charge < -0.3 is 10.1 Å². The quantitative estimate of drug-likeness (QED) is 0.358. The van der Waals surface area contributed by atoms with E-state index in [2.05, 4.69) is 15.5 Å². The van der Waals surface area contributed by atoms with E-state index in [0.29, 0.717) is 5.56 Å². The van der Waals surface area contributed by atoms with Gasteiger partial charge in [0.05, 0.1) is 0 Å². The summed E-state index contributed by atoms with van der Waals surface area (Å²) in [5, 5.41) is 10.1. The third-order valence-electron chi connectivity index (χ3n) is 4.46. The minimum absolute atomic E-state index is 0.0395. The maximum Gasteiger partial charge on any atom is 0.435 e. The van der Waals surface area contributed by atoms with Gasteiger partial charge in [0.25, 0.3) is 0 Å². The number of nitrogens with one attached hydrogen (secondary N) is 1. The number of nitrogens with zero attached hydrogens (tertiary/aromatic N) is 2. The number of benzene rings is 2. The van der Waals surface area contributed by atoms with Crippen LogP contribution in [0.1, 0.15) is 22.4 Å². The zero-order valence-electron chi connectivity index (χ0n) is 16.5. The molecule has 0 saturated carbocycles. The molecule has 0 radical (unpaired) electrons. The molecule has 0 bridgehead atoms. The zero-order chi connectivity index (χ0) is 21.9. The fraction of sp³-hybridized carbons (Fsp3) is 0.238. The lowest BCUT2D eigenvalue weighted by Crippen LogP contribution is -2.16. The predicted molar refractivity (Wildman–Crippen MR) is 109 cm³/mol. The van der Waals surface area contributed by atoms with Crippen LogP contribution in [0.2, 0.25) is 0 Å². The van der Waals surface area contributed by atoms with Gasteiger partial charge in [0, 0.05) is 22.7 Å². The molecule has 0 fully saturated rings. The Morgan fingerprint density at radius 2 is 1.83 bits per heavy atom. The number of ether oxygens (including phenoxy) is 1. The van der Waals surface area contributed by atoms with Gasteiger partial charge in [-0.05, 0) is 67.6 Å². The van der Waals surface area contributed by atoms with Gasteiger partial charge >= 0.3 is 6.18 Å². The summed E-state index contributed by atoms with van der Waals surface area (Å²) in [6, 6.07) is 11.4. The fourth-order valence-corrected chi connectivity index (χ4v) is 3.31. The van der Waals surface area contributed by atoms with Gasteiger partial charge in [-0.1, -0.05) is 6.07 Å². The highest BCUT2D eigenvalue weighted by Crippen LogP contribution is 2.35. The lowest BCUT2D eigenvalue weighted by Gasteiger charge is -2.17. The number of aromatic nitrogens is 2. The summed E-state index contributed by atoms with van der Waals surface area (Å²) in [5.74, 6) is -0.218. The van der Waals surface area contributed by atoms with Gasteiger partial charge in [0.1, 0.15) is 11.6 Å². The van der Waals surface area contributed by atoms with Gasteiger partial charge in [-0.25, -0.2) is 4.39 Å². The van der Waals surface area contributed by atoms with Crippen LogP contribution in [-0.4, -0.2) is 16.5 Å². The Balaban J connectivity index is 1.98. The molecule has 0 aliphatic heterocycles. The predicted octanol–water partition coefficient (Wildman–Crippen LogP) is 6.38. The number of hydrogen-bond acceptors (Lipinski definition) is 5. The minimum Gasteiger partial charge on any atom is -0.437 e. The number of halogens is 4. The zero-order valence-corrected chi connectivity index (χ0v) is 17.3. The first-order valence-electron chi connectivity index (χ1n) is 8.94. The molecule has 1 heterocycles. The first kappa shape index (κ1) is 21.9. The molecule has 2 aromatic carbocycles. The average Bonchev–Trinajstić information content (AvgIpc) is 2.68. The third kappa shape index (κ3) is 5.02. The van der Waals surface area contributed by atoms with Crippen molar-refractivity contribution in [2.75, 3.05) is 11.6 Å². The van der Waals surface area contributed by atoms with Crippen molar-refractivity contribution < 1.29 is 22.3 Å². The van der Waals surface area contributed by atoms with Gasteiger partial charge in [-0.2, -0.15) is 13.2 Å². The highest BCUT2D eigenvalue weighted by Gasteiger charge is 2.37. The van der Waals surface area contributed by atoms with E-state index < -0.39 is 17.7 Å². The highest BCUT2D eigenvalue weighted by atomic mass is 32.2. The second-order valence-corrected chi connectivity index (χ2v) is 7.43. The molecule has 3 rings (SSSR count).